The third-order valence-corrected chi connectivity index (χ3v) is 4.95. The van der Waals surface area contributed by atoms with Crippen molar-refractivity contribution in [3.05, 3.63) is 41.3 Å². The number of halogens is 1. The van der Waals surface area contributed by atoms with E-state index in [9.17, 15) is 9.18 Å². The van der Waals surface area contributed by atoms with Gasteiger partial charge in [-0.3, -0.25) is 9.69 Å². The van der Waals surface area contributed by atoms with E-state index in [2.05, 4.69) is 20.4 Å². The van der Waals surface area contributed by atoms with Gasteiger partial charge in [-0.1, -0.05) is 5.16 Å². The molecule has 128 valence electrons. The van der Waals surface area contributed by atoms with E-state index in [1.807, 2.05) is 7.05 Å². The summed E-state index contributed by atoms with van der Waals surface area (Å²) >= 11 is 1.39. The second kappa shape index (κ2) is 7.42. The van der Waals surface area contributed by atoms with Crippen molar-refractivity contribution in [2.24, 2.45) is 0 Å². The van der Waals surface area contributed by atoms with Crippen molar-refractivity contribution in [3.63, 3.8) is 0 Å². The molecule has 0 aliphatic carbocycles. The minimum absolute atomic E-state index is 0.104. The number of likely N-dealkylation sites (N-methyl/N-ethyl adjacent to an activating group) is 1. The van der Waals surface area contributed by atoms with Gasteiger partial charge in [-0.2, -0.15) is 4.98 Å². The highest BCUT2D eigenvalue weighted by Gasteiger charge is 2.25. The molecule has 24 heavy (non-hydrogen) atoms. The zero-order chi connectivity index (χ0) is 17.1. The standard InChI is InChI=1S/C16H19FN4O2S/c1-10(22)12-4-3-11(7-13(12)17)24-9-15-19-16(20-23-15)14-8-18-5-6-21(14)2/h3-4,7,14,18H,5-6,8-9H2,1-2H3. The fourth-order valence-corrected chi connectivity index (χ4v) is 3.33. The molecule has 1 aromatic carbocycles. The van der Waals surface area contributed by atoms with Crippen LogP contribution in [-0.4, -0.2) is 47.5 Å². The van der Waals surface area contributed by atoms with Gasteiger partial charge in [-0.15, -0.1) is 11.8 Å². The minimum Gasteiger partial charge on any atom is -0.338 e. The summed E-state index contributed by atoms with van der Waals surface area (Å²) in [7, 11) is 2.04. The zero-order valence-corrected chi connectivity index (χ0v) is 14.4. The second-order valence-corrected chi connectivity index (χ2v) is 6.78. The second-order valence-electron chi connectivity index (χ2n) is 5.73. The fraction of sp³-hybridized carbons (Fsp3) is 0.438. The van der Waals surface area contributed by atoms with Gasteiger partial charge in [0, 0.05) is 24.5 Å². The predicted octanol–water partition coefficient (Wildman–Crippen LogP) is 2.28. The summed E-state index contributed by atoms with van der Waals surface area (Å²) in [6, 6.07) is 4.69. The van der Waals surface area contributed by atoms with Crippen LogP contribution >= 0.6 is 11.8 Å². The molecule has 1 aliphatic rings. The molecule has 2 aromatic rings. The third kappa shape index (κ3) is 3.82. The summed E-state index contributed by atoms with van der Waals surface area (Å²) in [5, 5.41) is 7.37. The zero-order valence-electron chi connectivity index (χ0n) is 13.6. The van der Waals surface area contributed by atoms with Gasteiger partial charge >= 0.3 is 0 Å². The van der Waals surface area contributed by atoms with Crippen LogP contribution in [0.1, 0.15) is 35.0 Å². The van der Waals surface area contributed by atoms with Gasteiger partial charge in [-0.05, 0) is 32.2 Å². The Kier molecular flexibility index (Phi) is 5.27. The Bertz CT molecular complexity index is 737. The number of hydrogen-bond donors (Lipinski definition) is 1. The minimum atomic E-state index is -0.506. The fourth-order valence-electron chi connectivity index (χ4n) is 2.57. The normalized spacial score (nSPS) is 18.7. The molecular weight excluding hydrogens is 331 g/mol. The van der Waals surface area contributed by atoms with Crippen LogP contribution in [0.2, 0.25) is 0 Å². The molecule has 1 N–H and O–H groups in total. The SMILES string of the molecule is CC(=O)c1ccc(SCc2nc(C3CNCCN3C)no2)cc1F. The molecule has 0 saturated carbocycles. The summed E-state index contributed by atoms with van der Waals surface area (Å²) in [5.74, 6) is 0.836. The Balaban J connectivity index is 1.63. The van der Waals surface area contributed by atoms with Crippen LogP contribution in [0.15, 0.2) is 27.6 Å². The van der Waals surface area contributed by atoms with Crippen LogP contribution in [0.4, 0.5) is 4.39 Å². The Morgan fingerprint density at radius 2 is 2.38 bits per heavy atom. The van der Waals surface area contributed by atoms with E-state index in [0.29, 0.717) is 22.4 Å². The van der Waals surface area contributed by atoms with E-state index < -0.39 is 5.82 Å². The molecule has 1 fully saturated rings. The van der Waals surface area contributed by atoms with E-state index in [0.717, 1.165) is 19.6 Å². The lowest BCUT2D eigenvalue weighted by Crippen LogP contribution is -2.44. The van der Waals surface area contributed by atoms with Crippen LogP contribution in [-0.2, 0) is 5.75 Å². The van der Waals surface area contributed by atoms with E-state index in [-0.39, 0.29) is 17.4 Å². The van der Waals surface area contributed by atoms with Gasteiger partial charge in [-0.25, -0.2) is 4.39 Å². The molecular formula is C16H19FN4O2S. The Labute approximate surface area is 143 Å². The monoisotopic (exact) mass is 350 g/mol. The van der Waals surface area contributed by atoms with Gasteiger partial charge in [0.1, 0.15) is 5.82 Å². The molecule has 1 aliphatic heterocycles. The van der Waals surface area contributed by atoms with E-state index >= 15 is 0 Å². The number of thioether (sulfide) groups is 1. The summed E-state index contributed by atoms with van der Waals surface area (Å²) < 4.78 is 19.1. The first-order valence-corrected chi connectivity index (χ1v) is 8.70. The first-order chi connectivity index (χ1) is 11.5. The largest absolute Gasteiger partial charge is 0.338 e. The molecule has 8 heteroatoms. The molecule has 0 radical (unpaired) electrons. The van der Waals surface area contributed by atoms with Gasteiger partial charge in [0.25, 0.3) is 0 Å². The topological polar surface area (TPSA) is 71.3 Å². The molecule has 0 spiro atoms. The van der Waals surface area contributed by atoms with Crippen molar-refractivity contribution >= 4 is 17.5 Å². The van der Waals surface area contributed by atoms with Crippen LogP contribution in [0, 0.1) is 5.82 Å². The predicted molar refractivity (Wildman–Crippen MR) is 88.5 cm³/mol. The number of piperazine rings is 1. The van der Waals surface area contributed by atoms with Gasteiger partial charge in [0.2, 0.25) is 5.89 Å². The number of hydrogen-bond acceptors (Lipinski definition) is 7. The van der Waals surface area contributed by atoms with Gasteiger partial charge < -0.3 is 9.84 Å². The number of ketones is 1. The molecule has 3 rings (SSSR count). The maximum atomic E-state index is 13.8. The maximum Gasteiger partial charge on any atom is 0.237 e. The summed E-state index contributed by atoms with van der Waals surface area (Å²) in [6.45, 7) is 4.03. The highest BCUT2D eigenvalue weighted by atomic mass is 32.2. The number of aromatic nitrogens is 2. The van der Waals surface area contributed by atoms with Gasteiger partial charge in [0.05, 0.1) is 17.4 Å². The average molecular weight is 350 g/mol. The molecule has 1 saturated heterocycles. The molecule has 0 bridgehead atoms. The highest BCUT2D eigenvalue weighted by molar-refractivity contribution is 7.98. The van der Waals surface area contributed by atoms with Crippen LogP contribution in [0.5, 0.6) is 0 Å². The lowest BCUT2D eigenvalue weighted by Gasteiger charge is -2.30. The average Bonchev–Trinajstić information content (AvgIpc) is 3.02. The summed E-state index contributed by atoms with van der Waals surface area (Å²) in [5.41, 5.74) is 0.104. The maximum absolute atomic E-state index is 13.8. The van der Waals surface area contributed by atoms with Crippen LogP contribution in [0.3, 0.4) is 0 Å². The van der Waals surface area contributed by atoms with Crippen molar-refractivity contribution in [1.29, 1.82) is 0 Å². The van der Waals surface area contributed by atoms with Crippen LogP contribution < -0.4 is 5.32 Å². The van der Waals surface area contributed by atoms with Crippen molar-refractivity contribution in [2.45, 2.75) is 23.6 Å². The smallest absolute Gasteiger partial charge is 0.237 e. The number of rotatable bonds is 5. The van der Waals surface area contributed by atoms with Crippen molar-refractivity contribution < 1.29 is 13.7 Å². The highest BCUT2D eigenvalue weighted by Crippen LogP contribution is 2.25. The molecule has 0 amide bonds. The molecule has 1 aromatic heterocycles. The van der Waals surface area contributed by atoms with Crippen molar-refractivity contribution in [2.75, 3.05) is 26.7 Å². The lowest BCUT2D eigenvalue weighted by molar-refractivity contribution is 0.101. The lowest BCUT2D eigenvalue weighted by atomic mass is 10.1. The quantitative estimate of drug-likeness (QED) is 0.655. The number of benzene rings is 1. The first-order valence-electron chi connectivity index (χ1n) is 7.71. The van der Waals surface area contributed by atoms with Crippen LogP contribution in [0.25, 0.3) is 0 Å². The summed E-state index contributed by atoms with van der Waals surface area (Å²) in [4.78, 5) is 18.6. The molecule has 1 unspecified atom stereocenters. The Morgan fingerprint density at radius 1 is 1.54 bits per heavy atom. The molecule has 1 atom stereocenters. The van der Waals surface area contributed by atoms with Gasteiger partial charge in [0.15, 0.2) is 11.6 Å². The number of Topliss-reactive ketones (excluding diaryl/α,β-unsaturated/α-hetero) is 1. The Morgan fingerprint density at radius 3 is 3.08 bits per heavy atom. The number of carbonyl (C=O) groups excluding carboxylic acids is 1. The van der Waals surface area contributed by atoms with E-state index in [1.165, 1.54) is 30.8 Å². The number of nitrogens with zero attached hydrogens (tertiary/aromatic N) is 3. The number of carbonyl (C=O) groups is 1. The van der Waals surface area contributed by atoms with Crippen molar-refractivity contribution in [1.82, 2.24) is 20.4 Å². The van der Waals surface area contributed by atoms with E-state index in [1.54, 1.807) is 6.07 Å². The third-order valence-electron chi connectivity index (χ3n) is 3.98. The summed E-state index contributed by atoms with van der Waals surface area (Å²) in [6.07, 6.45) is 0. The Hall–Kier alpha value is -1.77. The number of nitrogens with one attached hydrogen (secondary N) is 1. The molecule has 6 nitrogen and oxygen atoms in total. The first kappa shape index (κ1) is 17.1. The molecule has 2 heterocycles. The van der Waals surface area contributed by atoms with Crippen molar-refractivity contribution in [3.8, 4) is 0 Å². The van der Waals surface area contributed by atoms with E-state index in [4.69, 9.17) is 4.52 Å².